The van der Waals surface area contributed by atoms with Gasteiger partial charge in [0.1, 0.15) is 118 Å². The fraction of sp³-hybridized carbons (Fsp3) is 0.357. The molecule has 0 radical (unpaired) electrons. The third kappa shape index (κ3) is 23.6. The minimum Gasteiger partial charge on any atom is -0.489 e. The lowest BCUT2D eigenvalue weighted by atomic mass is 9.83. The van der Waals surface area contributed by atoms with E-state index in [1.807, 2.05) is 79.9 Å². The highest BCUT2D eigenvalue weighted by Gasteiger charge is 2.34. The Hall–Kier alpha value is -15.0. The number of ketones is 1. The third-order valence-corrected chi connectivity index (χ3v) is 30.1. The lowest BCUT2D eigenvalue weighted by Gasteiger charge is -2.30. The molecule has 1 unspecified atom stereocenters. The Kier molecular flexibility index (Phi) is 31.4. The minimum atomic E-state index is -3.21. The second kappa shape index (κ2) is 46.4. The highest BCUT2D eigenvalue weighted by atomic mass is 32.2. The standard InChI is InChI=1S/C32H33N5O4.C29H30N6O4S.C29H29N5O3.C22H19N5O2S/c1-20(38)31(39)21-4-9-26(10-5-21)41-28-11-6-23(18-24(28)19-33)29-30-27(12-13-34-29)35-32(36-30)22-2-7-25(8-3-22)37-14-16-40-17-15-37;1-40(36,37)35-10-8-24(9-11-35)39-27-7-4-21(16-22(27)18-30)28-29-26(31-19-32-28)17-25(33-29)20-2-5-23(6-3-20)34-12-14-38-15-13-34;30-17-23-15-22(5-6-27(23)37-24-7-11-35-12-8-24)28-29-26(31-19-32-28)16-25(33-29)21-3-1-20(2-4-21)18-34-9-13-36-14-10-34;1-13-25-12-19(30-13)22-26-17-4-7-24-20(21(17)27-22)14-2-3-18(15(10-14)11-23)29-16-5-8-28-9-6-16/h2-3,6-8,11-13,18,20-21,26,38H,4-5,9-10,14-17H2,1H3,(H,35,36);2-7,16,19,24H,8-15,17H2,1H3;1-6,15,19,24H,7-14,16,18H2;2-4,7,10,12,16H,5-6,8-9H2,1H3,(H,26,27). The number of imidazole rings is 2. The van der Waals surface area contributed by atoms with Gasteiger partial charge in [-0.15, -0.1) is 11.3 Å². The smallest absolute Gasteiger partial charge is 0.211 e. The number of nitrogens with one attached hydrogen (secondary N) is 2. The number of fused-ring (bicyclic) bond motifs is 4. The molecule has 7 aromatic carbocycles. The zero-order valence-electron chi connectivity index (χ0n) is 82.4. The molecular weight excluding hydrogens is 1910 g/mol. The zero-order valence-corrected chi connectivity index (χ0v) is 84.1. The first-order valence-electron chi connectivity index (χ1n) is 50.2. The number of Topliss-reactive ketones (excluding diaryl/α,β-unsaturated/α-hetero) is 1. The van der Waals surface area contributed by atoms with Gasteiger partial charge in [0.2, 0.25) is 10.0 Å². The largest absolute Gasteiger partial charge is 0.489 e. The van der Waals surface area contributed by atoms with Crippen molar-refractivity contribution in [1.29, 1.82) is 21.0 Å². The summed E-state index contributed by atoms with van der Waals surface area (Å²) < 4.78 is 76.8. The predicted molar refractivity (Wildman–Crippen MR) is 561 cm³/mol. The molecule has 34 nitrogen and oxygen atoms in total. The number of thiazole rings is 1. The maximum Gasteiger partial charge on any atom is 0.211 e. The second-order valence-electron chi connectivity index (χ2n) is 37.7. The molecule has 1 aliphatic carbocycles. The van der Waals surface area contributed by atoms with Crippen LogP contribution < -0.4 is 28.7 Å². The fourth-order valence-electron chi connectivity index (χ4n) is 19.8. The van der Waals surface area contributed by atoms with Crippen LogP contribution in [0.5, 0.6) is 23.0 Å². The van der Waals surface area contributed by atoms with Gasteiger partial charge in [-0.1, -0.05) is 36.4 Å². The lowest BCUT2D eigenvalue weighted by Crippen LogP contribution is -2.41. The summed E-state index contributed by atoms with van der Waals surface area (Å²) in [4.78, 5) is 78.0. The number of aromatic amines is 2. The summed E-state index contributed by atoms with van der Waals surface area (Å²) in [5, 5.41) is 49.9. The van der Waals surface area contributed by atoms with E-state index in [1.165, 1.54) is 34.4 Å². The van der Waals surface area contributed by atoms with Crippen molar-refractivity contribution in [2.24, 2.45) is 15.9 Å². The topological polar surface area (TPSA) is 435 Å². The number of benzene rings is 7. The number of morpholine rings is 3. The predicted octanol–water partition coefficient (Wildman–Crippen LogP) is 16.8. The van der Waals surface area contributed by atoms with Gasteiger partial charge in [-0.2, -0.15) is 21.0 Å². The van der Waals surface area contributed by atoms with Crippen LogP contribution in [0.4, 0.5) is 22.7 Å². The van der Waals surface area contributed by atoms with Crippen molar-refractivity contribution in [3.63, 3.8) is 0 Å². The van der Waals surface area contributed by atoms with Gasteiger partial charge in [-0.3, -0.25) is 19.7 Å². The Labute approximate surface area is 861 Å². The Morgan fingerprint density at radius 1 is 0.446 bits per heavy atom. The van der Waals surface area contributed by atoms with Gasteiger partial charge in [0, 0.05) is 161 Å². The molecule has 15 heterocycles. The van der Waals surface area contributed by atoms with Crippen molar-refractivity contribution in [3.8, 4) is 114 Å². The summed E-state index contributed by atoms with van der Waals surface area (Å²) in [5.41, 5.74) is 23.0. The minimum absolute atomic E-state index is 0.0717. The van der Waals surface area contributed by atoms with Crippen LogP contribution in [0.2, 0.25) is 0 Å². The number of carbonyl (C=O) groups is 1. The normalized spacial score (nSPS) is 18.0. The maximum absolute atomic E-state index is 12.1. The van der Waals surface area contributed by atoms with Crippen LogP contribution in [0.25, 0.3) is 89.2 Å². The zero-order chi connectivity index (χ0) is 102. The van der Waals surface area contributed by atoms with Gasteiger partial charge in [0.15, 0.2) is 5.78 Å². The number of hydrogen-bond acceptors (Lipinski definition) is 32. The quantitative estimate of drug-likeness (QED) is 0.0535. The molecule has 754 valence electrons. The number of aromatic nitrogens is 11. The first-order chi connectivity index (χ1) is 72.4. The van der Waals surface area contributed by atoms with Crippen LogP contribution in [0.15, 0.2) is 199 Å². The Bertz CT molecular complexity index is 7510. The van der Waals surface area contributed by atoms with E-state index >= 15 is 0 Å². The van der Waals surface area contributed by atoms with Crippen molar-refractivity contribution < 1.29 is 61.0 Å². The van der Waals surface area contributed by atoms with Crippen molar-refractivity contribution in [2.45, 2.75) is 128 Å². The molecular formula is C112H111N21O13S2. The number of hydrogen-bond donors (Lipinski definition) is 3. The number of H-pyrrole nitrogens is 2. The summed E-state index contributed by atoms with van der Waals surface area (Å²) in [7, 11) is -3.21. The SMILES string of the molecule is CC(O)C(=O)C1CCC(Oc2ccc(-c3nccc4[nH]c(-c5ccc(N6CCOCC6)cc5)nc34)cc2C#N)CC1.CS(=O)(=O)N1CCC(Oc2ccc(-c3ncnc4c3N=C(c3ccc(N5CCOCC5)cc3)C4)cc2C#N)CC1.Cc1ncc(-c2nc3c(-c4ccc(OC5CCOCC5)c(C#N)c4)nccc3[nH]2)s1.N#Cc1cc(-c2ncnc3c2N=C(c2ccc(CN4CCOCC4)cc2)C3)ccc1OC1CCOCC1. The van der Waals surface area contributed by atoms with E-state index in [9.17, 15) is 39.4 Å². The molecule has 23 rings (SSSR count). The van der Waals surface area contributed by atoms with Crippen molar-refractivity contribution in [3.05, 3.63) is 244 Å². The molecule has 0 spiro atoms. The number of anilines is 2. The number of sulfonamides is 1. The molecule has 36 heteroatoms. The van der Waals surface area contributed by atoms with E-state index in [1.54, 1.807) is 54.6 Å². The molecule has 6 saturated heterocycles. The highest BCUT2D eigenvalue weighted by Crippen LogP contribution is 2.43. The van der Waals surface area contributed by atoms with E-state index in [0.29, 0.717) is 148 Å². The molecule has 9 aliphatic rings. The maximum atomic E-state index is 12.1. The van der Waals surface area contributed by atoms with Crippen LogP contribution in [0.3, 0.4) is 0 Å². The molecule has 1 atom stereocenters. The average molecular weight is 2020 g/mol. The van der Waals surface area contributed by atoms with E-state index in [-0.39, 0.29) is 36.1 Å². The van der Waals surface area contributed by atoms with E-state index in [2.05, 4.69) is 157 Å². The van der Waals surface area contributed by atoms with Crippen LogP contribution >= 0.6 is 11.3 Å². The number of piperidine rings is 1. The summed E-state index contributed by atoms with van der Waals surface area (Å²) in [6, 6.07) is 60.6. The summed E-state index contributed by atoms with van der Waals surface area (Å²) in [6.45, 7) is 18.1. The number of nitriles is 4. The second-order valence-corrected chi connectivity index (χ2v) is 40.9. The van der Waals surface area contributed by atoms with E-state index in [4.69, 9.17) is 62.6 Å². The van der Waals surface area contributed by atoms with E-state index < -0.39 is 16.1 Å². The number of nitrogens with zero attached hydrogens (tertiary/aromatic N) is 19. The van der Waals surface area contributed by atoms with Crippen LogP contribution in [0, 0.1) is 58.2 Å². The Balaban J connectivity index is 0.000000120. The number of aliphatic imine (C=N–C) groups is 2. The van der Waals surface area contributed by atoms with Gasteiger partial charge in [0.05, 0.1) is 167 Å². The first-order valence-corrected chi connectivity index (χ1v) is 52.9. The molecule has 7 fully saturated rings. The average Bonchev–Trinajstić information content (AvgIpc) is 1.62. The monoisotopic (exact) mass is 2020 g/mol. The summed E-state index contributed by atoms with van der Waals surface area (Å²) in [5.74, 6) is 3.52. The number of ether oxygens (including phenoxy) is 9. The van der Waals surface area contributed by atoms with Crippen molar-refractivity contribution in [1.82, 2.24) is 64.0 Å². The van der Waals surface area contributed by atoms with Crippen molar-refractivity contribution >= 4 is 83.4 Å². The molecule has 7 aromatic heterocycles. The molecule has 8 aliphatic heterocycles. The van der Waals surface area contributed by atoms with Gasteiger partial charge in [-0.25, -0.2) is 57.6 Å². The fourth-order valence-corrected chi connectivity index (χ4v) is 21.4. The van der Waals surface area contributed by atoms with Gasteiger partial charge >= 0.3 is 0 Å². The Morgan fingerprint density at radius 3 is 1.25 bits per heavy atom. The first kappa shape index (κ1) is 100. The number of aliphatic hydroxyl groups is 1. The number of aliphatic hydroxyl groups excluding tert-OH is 1. The molecule has 14 aromatic rings. The van der Waals surface area contributed by atoms with Crippen LogP contribution in [-0.4, -0.2) is 250 Å². The Morgan fingerprint density at radius 2 is 0.831 bits per heavy atom. The number of pyridine rings is 2. The summed E-state index contributed by atoms with van der Waals surface area (Å²) in [6.07, 6.45) is 17.2. The lowest BCUT2D eigenvalue weighted by molar-refractivity contribution is -0.131. The molecule has 0 amide bonds. The molecule has 1 saturated carbocycles. The van der Waals surface area contributed by atoms with Gasteiger partial charge in [-0.05, 0) is 190 Å². The molecule has 0 bridgehead atoms. The molecule has 148 heavy (non-hydrogen) atoms. The molecule has 3 N–H and O–H groups in total. The van der Waals surface area contributed by atoms with Crippen LogP contribution in [0.1, 0.15) is 126 Å². The number of rotatable bonds is 23. The van der Waals surface area contributed by atoms with Gasteiger partial charge in [0.25, 0.3) is 0 Å². The summed E-state index contributed by atoms with van der Waals surface area (Å²) >= 11 is 1.59. The van der Waals surface area contributed by atoms with Crippen molar-refractivity contribution in [2.75, 3.05) is 134 Å². The number of aryl methyl sites for hydroxylation is 1. The third-order valence-electron chi connectivity index (χ3n) is 27.9. The van der Waals surface area contributed by atoms with Gasteiger partial charge < -0.3 is 67.5 Å². The van der Waals surface area contributed by atoms with Crippen LogP contribution in [-0.2, 0) is 57.9 Å². The number of carbonyl (C=O) groups excluding carboxylic acids is 1. The van der Waals surface area contributed by atoms with E-state index in [0.717, 1.165) is 239 Å². The highest BCUT2D eigenvalue weighted by molar-refractivity contribution is 7.88.